The van der Waals surface area contributed by atoms with Gasteiger partial charge >= 0.3 is 0 Å². The summed E-state index contributed by atoms with van der Waals surface area (Å²) in [6.45, 7) is 1.96. The normalized spacial score (nSPS) is 12.0. The number of hydroxylamine groups is 2. The van der Waals surface area contributed by atoms with Gasteiger partial charge in [0.15, 0.2) is 0 Å². The number of nitrogens with two attached hydrogens (primary N) is 1. The summed E-state index contributed by atoms with van der Waals surface area (Å²) in [6.07, 6.45) is 4.65. The van der Waals surface area contributed by atoms with E-state index in [2.05, 4.69) is 22.1 Å². The molecule has 2 aromatic rings. The first-order valence-electron chi connectivity index (χ1n) is 8.65. The third-order valence-corrected chi connectivity index (χ3v) is 4.09. The van der Waals surface area contributed by atoms with Gasteiger partial charge in [-0.1, -0.05) is 44.7 Å². The second-order valence-corrected chi connectivity index (χ2v) is 6.08. The SMILES string of the molecule is CCCCCC[C@H](CN(O)C=O)C(=O)N(N)c1nnc2ccccc2n1. The van der Waals surface area contributed by atoms with Gasteiger partial charge in [-0.05, 0) is 18.6 Å². The van der Waals surface area contributed by atoms with E-state index in [1.807, 2.05) is 6.07 Å². The Labute approximate surface area is 151 Å². The Morgan fingerprint density at radius 1 is 1.23 bits per heavy atom. The van der Waals surface area contributed by atoms with Crippen LogP contribution in [-0.2, 0) is 9.59 Å². The number of hydrogen-bond donors (Lipinski definition) is 2. The highest BCUT2D eigenvalue weighted by molar-refractivity contribution is 5.93. The Morgan fingerprint density at radius 3 is 2.65 bits per heavy atom. The Hall–Kier alpha value is -2.65. The molecule has 0 saturated carbocycles. The Kier molecular flexibility index (Phi) is 7.37. The molecule has 9 heteroatoms. The Bertz CT molecular complexity index is 741. The molecule has 0 spiro atoms. The molecule has 9 nitrogen and oxygen atoms in total. The van der Waals surface area contributed by atoms with Crippen molar-refractivity contribution in [2.24, 2.45) is 11.8 Å². The molecule has 0 bridgehead atoms. The molecule has 0 aliphatic rings. The van der Waals surface area contributed by atoms with Gasteiger partial charge in [0.1, 0.15) is 5.52 Å². The first-order valence-corrected chi connectivity index (χ1v) is 8.65. The lowest BCUT2D eigenvalue weighted by molar-refractivity contribution is -0.154. The van der Waals surface area contributed by atoms with Crippen molar-refractivity contribution >= 4 is 29.3 Å². The van der Waals surface area contributed by atoms with Gasteiger partial charge < -0.3 is 0 Å². The number of amides is 2. The number of anilines is 1. The largest absolute Gasteiger partial charge is 0.286 e. The summed E-state index contributed by atoms with van der Waals surface area (Å²) in [4.78, 5) is 27.7. The average molecular weight is 360 g/mol. The molecule has 26 heavy (non-hydrogen) atoms. The van der Waals surface area contributed by atoms with Gasteiger partial charge in [-0.3, -0.25) is 14.8 Å². The van der Waals surface area contributed by atoms with Crippen molar-refractivity contribution < 1.29 is 14.8 Å². The molecule has 0 fully saturated rings. The number of benzene rings is 1. The van der Waals surface area contributed by atoms with Crippen LogP contribution < -0.4 is 10.9 Å². The fourth-order valence-electron chi connectivity index (χ4n) is 2.65. The molecule has 1 heterocycles. The van der Waals surface area contributed by atoms with E-state index in [9.17, 15) is 14.8 Å². The zero-order chi connectivity index (χ0) is 18.9. The number of nitrogens with zero attached hydrogens (tertiary/aromatic N) is 5. The molecule has 2 rings (SSSR count). The molecule has 0 aliphatic heterocycles. The number of carbonyl (C=O) groups excluding carboxylic acids is 2. The van der Waals surface area contributed by atoms with Crippen molar-refractivity contribution in [2.45, 2.75) is 39.0 Å². The van der Waals surface area contributed by atoms with Crippen LogP contribution in [0.25, 0.3) is 11.0 Å². The maximum Gasteiger partial charge on any atom is 0.267 e. The second kappa shape index (κ2) is 9.73. The van der Waals surface area contributed by atoms with Crippen LogP contribution in [0.5, 0.6) is 0 Å². The average Bonchev–Trinajstić information content (AvgIpc) is 2.68. The minimum Gasteiger partial charge on any atom is -0.286 e. The Balaban J connectivity index is 2.13. The van der Waals surface area contributed by atoms with Gasteiger partial charge in [0.25, 0.3) is 5.95 Å². The van der Waals surface area contributed by atoms with E-state index in [0.29, 0.717) is 22.5 Å². The summed E-state index contributed by atoms with van der Waals surface area (Å²) in [5.74, 6) is 4.76. The van der Waals surface area contributed by atoms with E-state index in [1.165, 1.54) is 0 Å². The molecule has 0 radical (unpaired) electrons. The van der Waals surface area contributed by atoms with Crippen LogP contribution in [-0.4, -0.2) is 44.3 Å². The third-order valence-electron chi connectivity index (χ3n) is 4.09. The van der Waals surface area contributed by atoms with Gasteiger partial charge in [0.05, 0.1) is 18.0 Å². The van der Waals surface area contributed by atoms with E-state index >= 15 is 0 Å². The van der Waals surface area contributed by atoms with Gasteiger partial charge in [-0.15, -0.1) is 10.2 Å². The molecule has 0 saturated heterocycles. The first-order chi connectivity index (χ1) is 12.6. The van der Waals surface area contributed by atoms with Gasteiger partial charge in [0.2, 0.25) is 12.3 Å². The molecular weight excluding hydrogens is 336 g/mol. The summed E-state index contributed by atoms with van der Waals surface area (Å²) >= 11 is 0. The van der Waals surface area contributed by atoms with Crippen molar-refractivity contribution in [3.8, 4) is 0 Å². The highest BCUT2D eigenvalue weighted by atomic mass is 16.5. The van der Waals surface area contributed by atoms with E-state index < -0.39 is 11.8 Å². The predicted molar refractivity (Wildman–Crippen MR) is 95.8 cm³/mol. The van der Waals surface area contributed by atoms with Crippen LogP contribution in [0.1, 0.15) is 39.0 Å². The number of carbonyl (C=O) groups is 2. The lowest BCUT2D eigenvalue weighted by atomic mass is 9.99. The minimum atomic E-state index is -0.651. The molecular formula is C17H24N6O3. The fraction of sp³-hybridized carbons (Fsp3) is 0.471. The van der Waals surface area contributed by atoms with Crippen LogP contribution in [0.15, 0.2) is 24.3 Å². The smallest absolute Gasteiger partial charge is 0.267 e. The zero-order valence-corrected chi connectivity index (χ0v) is 14.8. The van der Waals surface area contributed by atoms with Crippen molar-refractivity contribution in [2.75, 3.05) is 11.6 Å². The Morgan fingerprint density at radius 2 is 1.96 bits per heavy atom. The van der Waals surface area contributed by atoms with Crippen LogP contribution in [0.4, 0.5) is 5.95 Å². The van der Waals surface area contributed by atoms with Crippen LogP contribution in [0, 0.1) is 5.92 Å². The van der Waals surface area contributed by atoms with Gasteiger partial charge in [0, 0.05) is 0 Å². The molecule has 1 atom stereocenters. The first kappa shape index (κ1) is 19.7. The number of hydrogen-bond acceptors (Lipinski definition) is 7. The number of aromatic nitrogens is 3. The zero-order valence-electron chi connectivity index (χ0n) is 14.8. The summed E-state index contributed by atoms with van der Waals surface area (Å²) in [6, 6.07) is 7.11. The monoisotopic (exact) mass is 360 g/mol. The fourth-order valence-corrected chi connectivity index (χ4v) is 2.65. The summed E-state index contributed by atoms with van der Waals surface area (Å²) in [7, 11) is 0. The lowest BCUT2D eigenvalue weighted by Crippen LogP contribution is -2.46. The molecule has 1 aromatic heterocycles. The number of hydrazine groups is 1. The topological polar surface area (TPSA) is 126 Å². The summed E-state index contributed by atoms with van der Waals surface area (Å²) in [5, 5.41) is 18.7. The quantitative estimate of drug-likeness (QED) is 0.165. The lowest BCUT2D eigenvalue weighted by Gasteiger charge is -2.23. The predicted octanol–water partition coefficient (Wildman–Crippen LogP) is 1.67. The summed E-state index contributed by atoms with van der Waals surface area (Å²) < 4.78 is 0. The van der Waals surface area contributed by atoms with Crippen molar-refractivity contribution in [3.63, 3.8) is 0 Å². The van der Waals surface area contributed by atoms with Crippen molar-refractivity contribution in [1.29, 1.82) is 0 Å². The van der Waals surface area contributed by atoms with Crippen LogP contribution in [0.3, 0.4) is 0 Å². The molecule has 0 aliphatic carbocycles. The number of rotatable bonds is 10. The van der Waals surface area contributed by atoms with E-state index in [1.54, 1.807) is 18.2 Å². The maximum absolute atomic E-state index is 12.7. The van der Waals surface area contributed by atoms with Gasteiger partial charge in [-0.25, -0.2) is 20.9 Å². The van der Waals surface area contributed by atoms with Crippen molar-refractivity contribution in [3.05, 3.63) is 24.3 Å². The van der Waals surface area contributed by atoms with E-state index in [4.69, 9.17) is 5.84 Å². The van der Waals surface area contributed by atoms with Crippen LogP contribution in [0.2, 0.25) is 0 Å². The molecule has 2 amide bonds. The molecule has 1 aromatic carbocycles. The van der Waals surface area contributed by atoms with Crippen LogP contribution >= 0.6 is 0 Å². The standard InChI is InChI=1S/C17H24N6O3/c1-2-3-4-5-8-13(11-22(26)12-24)16(25)23(18)17-19-14-9-6-7-10-15(14)20-21-17/h6-7,9-10,12-13,26H,2-5,8,11,18H2,1H3/t13-/m1/s1. The van der Waals surface area contributed by atoms with E-state index in [0.717, 1.165) is 30.7 Å². The minimum absolute atomic E-state index is 0.0251. The van der Waals surface area contributed by atoms with Crippen molar-refractivity contribution in [1.82, 2.24) is 20.2 Å². The van der Waals surface area contributed by atoms with E-state index in [-0.39, 0.29) is 18.9 Å². The maximum atomic E-state index is 12.7. The highest BCUT2D eigenvalue weighted by Crippen LogP contribution is 2.17. The third kappa shape index (κ3) is 5.17. The second-order valence-electron chi connectivity index (χ2n) is 6.08. The number of para-hydroxylation sites is 1. The highest BCUT2D eigenvalue weighted by Gasteiger charge is 2.27. The number of fused-ring (bicyclic) bond motifs is 1. The molecule has 140 valence electrons. The summed E-state index contributed by atoms with van der Waals surface area (Å²) in [5.41, 5.74) is 1.16. The molecule has 3 N–H and O–H groups in total. The van der Waals surface area contributed by atoms with Gasteiger partial charge in [-0.2, -0.15) is 0 Å². The number of unbranched alkanes of at least 4 members (excludes halogenated alkanes) is 3. The molecule has 0 unspecified atom stereocenters.